The first kappa shape index (κ1) is 21.8. The van der Waals surface area contributed by atoms with E-state index in [4.69, 9.17) is 9.47 Å². The molecule has 5 heteroatoms. The zero-order valence-electron chi connectivity index (χ0n) is 17.3. The molecule has 1 saturated heterocycles. The Morgan fingerprint density at radius 3 is 2.21 bits per heavy atom. The molecule has 0 bridgehead atoms. The van der Waals surface area contributed by atoms with Crippen LogP contribution in [-0.2, 0) is 16.0 Å². The lowest BCUT2D eigenvalue weighted by atomic mass is 10.0. The fraction of sp³-hybridized carbons (Fsp3) is 0.435. The molecule has 0 atom stereocenters. The van der Waals surface area contributed by atoms with E-state index in [0.717, 1.165) is 28.9 Å². The molecule has 0 aliphatic carbocycles. The fourth-order valence-corrected chi connectivity index (χ4v) is 3.20. The summed E-state index contributed by atoms with van der Waals surface area (Å²) in [6.07, 6.45) is 1.23. The molecule has 3 rings (SSSR count). The molecule has 0 saturated carbocycles. The van der Waals surface area contributed by atoms with E-state index in [1.807, 2.05) is 32.6 Å². The summed E-state index contributed by atoms with van der Waals surface area (Å²) in [5.74, 6) is 1.90. The number of nitrogens with zero attached hydrogens (tertiary/aromatic N) is 1. The van der Waals surface area contributed by atoms with Crippen LogP contribution in [0.4, 0.5) is 0 Å². The summed E-state index contributed by atoms with van der Waals surface area (Å²) in [6.45, 7) is 10.7. The van der Waals surface area contributed by atoms with Gasteiger partial charge in [-0.1, -0.05) is 26.0 Å². The normalized spacial score (nSPS) is 13.5. The molecule has 2 aromatic rings. The number of phenols is 1. The summed E-state index contributed by atoms with van der Waals surface area (Å²) in [5.41, 5.74) is 3.21. The van der Waals surface area contributed by atoms with E-state index in [0.29, 0.717) is 38.5 Å². The van der Waals surface area contributed by atoms with Crippen molar-refractivity contribution in [1.82, 2.24) is 4.90 Å². The van der Waals surface area contributed by atoms with Crippen LogP contribution in [0.2, 0.25) is 0 Å². The van der Waals surface area contributed by atoms with E-state index in [1.54, 1.807) is 24.3 Å². The topological polar surface area (TPSA) is 59.0 Å². The van der Waals surface area contributed by atoms with Crippen molar-refractivity contribution < 1.29 is 19.4 Å². The van der Waals surface area contributed by atoms with Gasteiger partial charge in [0.1, 0.15) is 17.2 Å². The van der Waals surface area contributed by atoms with Crippen LogP contribution in [0.3, 0.4) is 0 Å². The number of aromatic hydroxyl groups is 1. The molecule has 1 fully saturated rings. The van der Waals surface area contributed by atoms with Crippen molar-refractivity contribution in [1.29, 1.82) is 0 Å². The van der Waals surface area contributed by atoms with Gasteiger partial charge in [0.15, 0.2) is 0 Å². The average Bonchev–Trinajstić information content (AvgIpc) is 2.72. The van der Waals surface area contributed by atoms with Crippen molar-refractivity contribution in [3.8, 4) is 17.2 Å². The third kappa shape index (κ3) is 5.99. The Bertz CT molecular complexity index is 742. The smallest absolute Gasteiger partial charge is 0.223 e. The fourth-order valence-electron chi connectivity index (χ4n) is 3.20. The van der Waals surface area contributed by atoms with Gasteiger partial charge in [0.05, 0.1) is 13.2 Å². The number of carbonyl (C=O) groups is 1. The molecule has 1 aliphatic heterocycles. The summed E-state index contributed by atoms with van der Waals surface area (Å²) in [5, 5.41) is 9.37. The molecule has 28 heavy (non-hydrogen) atoms. The molecule has 2 aromatic carbocycles. The first-order valence-electron chi connectivity index (χ1n) is 9.95. The molecular weight excluding hydrogens is 354 g/mol. The van der Waals surface area contributed by atoms with Gasteiger partial charge in [0.25, 0.3) is 0 Å². The van der Waals surface area contributed by atoms with Crippen molar-refractivity contribution >= 4 is 5.91 Å². The maximum absolute atomic E-state index is 12.3. The maximum atomic E-state index is 12.3. The molecular formula is C23H31NO4. The highest BCUT2D eigenvalue weighted by atomic mass is 16.5. The lowest BCUT2D eigenvalue weighted by molar-refractivity contribution is -0.135. The van der Waals surface area contributed by atoms with Crippen LogP contribution < -0.4 is 4.74 Å². The number of rotatable bonds is 5. The highest BCUT2D eigenvalue weighted by molar-refractivity contribution is 5.76. The van der Waals surface area contributed by atoms with Crippen LogP contribution in [0.15, 0.2) is 36.4 Å². The van der Waals surface area contributed by atoms with Crippen molar-refractivity contribution in [2.45, 2.75) is 40.5 Å². The van der Waals surface area contributed by atoms with Crippen molar-refractivity contribution in [2.75, 3.05) is 26.3 Å². The summed E-state index contributed by atoms with van der Waals surface area (Å²) in [4.78, 5) is 14.2. The zero-order chi connectivity index (χ0) is 20.5. The first-order valence-corrected chi connectivity index (χ1v) is 9.95. The zero-order valence-corrected chi connectivity index (χ0v) is 17.3. The van der Waals surface area contributed by atoms with Gasteiger partial charge in [-0.05, 0) is 61.2 Å². The van der Waals surface area contributed by atoms with Gasteiger partial charge < -0.3 is 19.5 Å². The van der Waals surface area contributed by atoms with Gasteiger partial charge in [0.2, 0.25) is 5.91 Å². The van der Waals surface area contributed by atoms with Gasteiger partial charge in [-0.3, -0.25) is 4.79 Å². The van der Waals surface area contributed by atoms with Gasteiger partial charge in [-0.15, -0.1) is 0 Å². The van der Waals surface area contributed by atoms with E-state index >= 15 is 0 Å². The Morgan fingerprint density at radius 2 is 1.64 bits per heavy atom. The van der Waals surface area contributed by atoms with Crippen LogP contribution in [0.25, 0.3) is 0 Å². The molecule has 152 valence electrons. The van der Waals surface area contributed by atoms with Crippen molar-refractivity contribution in [3.63, 3.8) is 0 Å². The third-order valence-electron chi connectivity index (χ3n) is 4.57. The number of carbonyl (C=O) groups excluding carboxylic acids is 1. The Kier molecular flexibility index (Phi) is 8.33. The summed E-state index contributed by atoms with van der Waals surface area (Å²) in [6, 6.07) is 10.8. The molecule has 0 aromatic heterocycles. The van der Waals surface area contributed by atoms with Crippen LogP contribution in [0.1, 0.15) is 37.0 Å². The lowest BCUT2D eigenvalue weighted by Crippen LogP contribution is -2.40. The highest BCUT2D eigenvalue weighted by Gasteiger charge is 2.17. The molecule has 1 N–H and O–H groups in total. The third-order valence-corrected chi connectivity index (χ3v) is 4.57. The molecule has 0 radical (unpaired) electrons. The molecule has 5 nitrogen and oxygen atoms in total. The number of ether oxygens (including phenoxy) is 2. The Labute approximate surface area is 167 Å². The predicted molar refractivity (Wildman–Crippen MR) is 111 cm³/mol. The number of hydrogen-bond acceptors (Lipinski definition) is 4. The Hall–Kier alpha value is -2.53. The van der Waals surface area contributed by atoms with Crippen LogP contribution in [0.5, 0.6) is 17.2 Å². The molecule has 0 unspecified atom stereocenters. The van der Waals surface area contributed by atoms with Gasteiger partial charge >= 0.3 is 0 Å². The number of amides is 1. The molecule has 1 aliphatic rings. The van der Waals surface area contributed by atoms with Crippen LogP contribution in [-0.4, -0.2) is 42.2 Å². The summed E-state index contributed by atoms with van der Waals surface area (Å²) < 4.78 is 11.3. The van der Waals surface area contributed by atoms with E-state index in [9.17, 15) is 9.90 Å². The van der Waals surface area contributed by atoms with E-state index in [1.165, 1.54) is 0 Å². The van der Waals surface area contributed by atoms with Gasteiger partial charge in [0, 0.05) is 19.5 Å². The van der Waals surface area contributed by atoms with Crippen LogP contribution in [0, 0.1) is 13.8 Å². The number of hydrogen-bond donors (Lipinski definition) is 1. The van der Waals surface area contributed by atoms with E-state index in [2.05, 4.69) is 12.1 Å². The van der Waals surface area contributed by atoms with Crippen LogP contribution >= 0.6 is 0 Å². The minimum atomic E-state index is 0.188. The quantitative estimate of drug-likeness (QED) is 0.816. The lowest BCUT2D eigenvalue weighted by Gasteiger charge is -2.26. The number of aryl methyl sites for hydroxylation is 3. The van der Waals surface area contributed by atoms with E-state index < -0.39 is 0 Å². The Morgan fingerprint density at radius 1 is 1.07 bits per heavy atom. The molecule has 0 spiro atoms. The summed E-state index contributed by atoms with van der Waals surface area (Å²) >= 11 is 0. The largest absolute Gasteiger partial charge is 0.508 e. The second kappa shape index (κ2) is 10.7. The van der Waals surface area contributed by atoms with Crippen molar-refractivity contribution in [3.05, 3.63) is 53.1 Å². The number of phenolic OH excluding ortho intramolecular Hbond substituents is 1. The van der Waals surface area contributed by atoms with Gasteiger partial charge in [-0.2, -0.15) is 0 Å². The Balaban J connectivity index is 0.00000136. The van der Waals surface area contributed by atoms with Gasteiger partial charge in [-0.25, -0.2) is 0 Å². The minimum absolute atomic E-state index is 0.188. The first-order chi connectivity index (χ1) is 13.5. The van der Waals surface area contributed by atoms with Crippen molar-refractivity contribution in [2.24, 2.45) is 0 Å². The molecule has 1 amide bonds. The number of benzene rings is 2. The second-order valence-electron chi connectivity index (χ2n) is 6.65. The standard InChI is InChI=1S/C21H25NO4.C2H6/c1-15-13-17(3-8-20(24)22-9-11-25-12-10-22)14-16(2)21(15)26-19-6-4-18(23)5-7-19;1-2/h4-7,13-14,23H,3,8-12H2,1-2H3;1-2H3. The predicted octanol–water partition coefficient (Wildman–Crippen LogP) is 4.62. The SMILES string of the molecule is CC.Cc1cc(CCC(=O)N2CCOCC2)cc(C)c1Oc1ccc(O)cc1. The monoisotopic (exact) mass is 385 g/mol. The summed E-state index contributed by atoms with van der Waals surface area (Å²) in [7, 11) is 0. The number of morpholine rings is 1. The maximum Gasteiger partial charge on any atom is 0.223 e. The average molecular weight is 386 g/mol. The minimum Gasteiger partial charge on any atom is -0.508 e. The highest BCUT2D eigenvalue weighted by Crippen LogP contribution is 2.31. The van der Waals surface area contributed by atoms with E-state index in [-0.39, 0.29) is 11.7 Å². The molecule has 1 heterocycles. The second-order valence-corrected chi connectivity index (χ2v) is 6.65.